The minimum Gasteiger partial charge on any atom is -0.494 e. The zero-order valence-electron chi connectivity index (χ0n) is 16.0. The standard InChI is InChI=1S/C20H29N3O4/c1-3-4-12-27-16-9-7-15(8-10-16)13-17-20(26)21-11-5-6-18(24)22-14(2)19(25)23-17/h7-10,14,17H,3-6,11-13H2,1-2H3,(H,21,26)(H,22,24)(H,23,25)/t14-,17-/m0/s1. The summed E-state index contributed by atoms with van der Waals surface area (Å²) in [6.45, 7) is 4.81. The molecule has 0 spiro atoms. The molecule has 3 amide bonds. The van der Waals surface area contributed by atoms with Gasteiger partial charge < -0.3 is 20.7 Å². The lowest BCUT2D eigenvalue weighted by Gasteiger charge is -2.20. The molecule has 1 aliphatic rings. The van der Waals surface area contributed by atoms with Crippen LogP contribution in [0.5, 0.6) is 5.75 Å². The highest BCUT2D eigenvalue weighted by Crippen LogP contribution is 2.14. The van der Waals surface area contributed by atoms with Crippen molar-refractivity contribution in [3.05, 3.63) is 29.8 Å². The quantitative estimate of drug-likeness (QED) is 0.653. The highest BCUT2D eigenvalue weighted by molar-refractivity contribution is 5.92. The van der Waals surface area contributed by atoms with Crippen molar-refractivity contribution >= 4 is 17.7 Å². The number of nitrogens with one attached hydrogen (secondary N) is 3. The Morgan fingerprint density at radius 1 is 1.07 bits per heavy atom. The van der Waals surface area contributed by atoms with Crippen molar-refractivity contribution in [1.82, 2.24) is 16.0 Å². The Kier molecular flexibility index (Phi) is 8.10. The van der Waals surface area contributed by atoms with Gasteiger partial charge in [-0.05, 0) is 37.5 Å². The van der Waals surface area contributed by atoms with E-state index in [-0.39, 0.29) is 24.1 Å². The molecule has 0 aromatic heterocycles. The fraction of sp³-hybridized carbons (Fsp3) is 0.550. The lowest BCUT2D eigenvalue weighted by Crippen LogP contribution is -2.53. The lowest BCUT2D eigenvalue weighted by atomic mass is 10.0. The molecule has 3 N–H and O–H groups in total. The van der Waals surface area contributed by atoms with Crippen LogP contribution in [0.15, 0.2) is 24.3 Å². The van der Waals surface area contributed by atoms with Crippen molar-refractivity contribution in [2.24, 2.45) is 0 Å². The molecule has 1 heterocycles. The van der Waals surface area contributed by atoms with Gasteiger partial charge in [-0.15, -0.1) is 0 Å². The minimum absolute atomic E-state index is 0.191. The summed E-state index contributed by atoms with van der Waals surface area (Å²) in [4.78, 5) is 36.5. The zero-order valence-corrected chi connectivity index (χ0v) is 16.0. The van der Waals surface area contributed by atoms with Crippen LogP contribution in [-0.4, -0.2) is 43.0 Å². The van der Waals surface area contributed by atoms with E-state index in [1.807, 2.05) is 24.3 Å². The number of carbonyl (C=O) groups is 3. The third kappa shape index (κ3) is 6.92. The summed E-state index contributed by atoms with van der Waals surface area (Å²) < 4.78 is 5.65. The minimum atomic E-state index is -0.693. The maximum absolute atomic E-state index is 12.5. The average molecular weight is 375 g/mol. The first-order valence-corrected chi connectivity index (χ1v) is 9.58. The third-order valence-electron chi connectivity index (χ3n) is 4.41. The second-order valence-corrected chi connectivity index (χ2v) is 6.80. The van der Waals surface area contributed by atoms with Gasteiger partial charge in [0.25, 0.3) is 0 Å². The van der Waals surface area contributed by atoms with Crippen molar-refractivity contribution in [2.45, 2.75) is 58.0 Å². The van der Waals surface area contributed by atoms with E-state index in [0.29, 0.717) is 26.0 Å². The van der Waals surface area contributed by atoms with Gasteiger partial charge in [0.1, 0.15) is 17.8 Å². The molecular weight excluding hydrogens is 346 g/mol. The molecule has 1 fully saturated rings. The van der Waals surface area contributed by atoms with Gasteiger partial charge in [-0.1, -0.05) is 25.5 Å². The summed E-state index contributed by atoms with van der Waals surface area (Å²) in [5.74, 6) is -0.0124. The molecule has 2 rings (SSSR count). The van der Waals surface area contributed by atoms with E-state index < -0.39 is 12.1 Å². The summed E-state index contributed by atoms with van der Waals surface area (Å²) in [5.41, 5.74) is 0.921. The predicted molar refractivity (Wildman–Crippen MR) is 102 cm³/mol. The molecule has 1 aromatic carbocycles. The molecule has 148 valence electrons. The Morgan fingerprint density at radius 2 is 1.81 bits per heavy atom. The van der Waals surface area contributed by atoms with Crippen LogP contribution in [0.2, 0.25) is 0 Å². The van der Waals surface area contributed by atoms with Crippen LogP contribution >= 0.6 is 0 Å². The van der Waals surface area contributed by atoms with E-state index in [2.05, 4.69) is 22.9 Å². The van der Waals surface area contributed by atoms with Crippen molar-refractivity contribution in [1.29, 1.82) is 0 Å². The van der Waals surface area contributed by atoms with E-state index in [9.17, 15) is 14.4 Å². The molecule has 1 saturated heterocycles. The van der Waals surface area contributed by atoms with Gasteiger partial charge in [-0.2, -0.15) is 0 Å². The number of ether oxygens (including phenoxy) is 1. The summed E-state index contributed by atoms with van der Waals surface area (Å²) in [6, 6.07) is 6.17. The van der Waals surface area contributed by atoms with E-state index in [1.165, 1.54) is 0 Å². The summed E-state index contributed by atoms with van der Waals surface area (Å²) in [6.07, 6.45) is 3.27. The Labute approximate surface area is 160 Å². The first kappa shape index (κ1) is 20.7. The normalized spacial score (nSPS) is 21.5. The maximum Gasteiger partial charge on any atom is 0.242 e. The fourth-order valence-corrected chi connectivity index (χ4v) is 2.76. The molecule has 0 radical (unpaired) electrons. The van der Waals surface area contributed by atoms with Gasteiger partial charge in [0.15, 0.2) is 0 Å². The summed E-state index contributed by atoms with van der Waals surface area (Å²) >= 11 is 0. The van der Waals surface area contributed by atoms with E-state index >= 15 is 0 Å². The van der Waals surface area contributed by atoms with Gasteiger partial charge >= 0.3 is 0 Å². The highest BCUT2D eigenvalue weighted by Gasteiger charge is 2.25. The van der Waals surface area contributed by atoms with Gasteiger partial charge in [0, 0.05) is 19.4 Å². The topological polar surface area (TPSA) is 96.5 Å². The van der Waals surface area contributed by atoms with Gasteiger partial charge in [-0.3, -0.25) is 14.4 Å². The van der Waals surface area contributed by atoms with Gasteiger partial charge in [-0.25, -0.2) is 0 Å². The molecule has 0 bridgehead atoms. The number of carbonyl (C=O) groups excluding carboxylic acids is 3. The smallest absolute Gasteiger partial charge is 0.242 e. The number of hydrogen-bond donors (Lipinski definition) is 3. The third-order valence-corrected chi connectivity index (χ3v) is 4.41. The van der Waals surface area contributed by atoms with E-state index in [4.69, 9.17) is 4.74 Å². The Hall–Kier alpha value is -2.57. The molecule has 27 heavy (non-hydrogen) atoms. The molecule has 0 aliphatic carbocycles. The highest BCUT2D eigenvalue weighted by atomic mass is 16.5. The Morgan fingerprint density at radius 3 is 2.52 bits per heavy atom. The van der Waals surface area contributed by atoms with Crippen molar-refractivity contribution < 1.29 is 19.1 Å². The molecule has 0 unspecified atom stereocenters. The summed E-state index contributed by atoms with van der Waals surface area (Å²) in [5, 5.41) is 8.19. The molecular formula is C20H29N3O4. The maximum atomic E-state index is 12.5. The molecule has 7 nitrogen and oxygen atoms in total. The van der Waals surface area contributed by atoms with Crippen LogP contribution in [-0.2, 0) is 20.8 Å². The van der Waals surface area contributed by atoms with Crippen molar-refractivity contribution in [3.8, 4) is 5.75 Å². The molecule has 1 aromatic rings. The number of benzene rings is 1. The van der Waals surface area contributed by atoms with Crippen molar-refractivity contribution in [2.75, 3.05) is 13.2 Å². The van der Waals surface area contributed by atoms with Crippen LogP contribution in [0.4, 0.5) is 0 Å². The monoisotopic (exact) mass is 375 g/mol. The van der Waals surface area contributed by atoms with Crippen LogP contribution in [0.25, 0.3) is 0 Å². The Bertz CT molecular complexity index is 645. The number of rotatable bonds is 6. The van der Waals surface area contributed by atoms with E-state index in [0.717, 1.165) is 24.2 Å². The fourth-order valence-electron chi connectivity index (χ4n) is 2.76. The average Bonchev–Trinajstić information content (AvgIpc) is 2.67. The lowest BCUT2D eigenvalue weighted by molar-refractivity contribution is -0.131. The number of amides is 3. The zero-order chi connectivity index (χ0) is 19.6. The molecule has 0 saturated carbocycles. The van der Waals surface area contributed by atoms with Gasteiger partial charge in [0.2, 0.25) is 17.7 Å². The van der Waals surface area contributed by atoms with E-state index in [1.54, 1.807) is 6.92 Å². The predicted octanol–water partition coefficient (Wildman–Crippen LogP) is 1.31. The molecule has 1 aliphatic heterocycles. The Balaban J connectivity index is 2.03. The van der Waals surface area contributed by atoms with Crippen LogP contribution in [0.3, 0.4) is 0 Å². The largest absolute Gasteiger partial charge is 0.494 e. The SMILES string of the molecule is CCCCOc1ccc(C[C@@H]2NC(=O)[C@H](C)NC(=O)CCCNC2=O)cc1. The second kappa shape index (κ2) is 10.5. The molecule has 2 atom stereocenters. The summed E-state index contributed by atoms with van der Waals surface area (Å²) in [7, 11) is 0. The van der Waals surface area contributed by atoms with Gasteiger partial charge in [0.05, 0.1) is 6.61 Å². The second-order valence-electron chi connectivity index (χ2n) is 6.80. The van der Waals surface area contributed by atoms with Crippen molar-refractivity contribution in [3.63, 3.8) is 0 Å². The first-order valence-electron chi connectivity index (χ1n) is 9.58. The van der Waals surface area contributed by atoms with Crippen LogP contribution in [0.1, 0.15) is 45.1 Å². The first-order chi connectivity index (χ1) is 13.0. The number of unbranched alkanes of at least 4 members (excludes halogenated alkanes) is 1. The van der Waals surface area contributed by atoms with Crippen LogP contribution < -0.4 is 20.7 Å². The number of hydrogen-bond acceptors (Lipinski definition) is 4. The van der Waals surface area contributed by atoms with Crippen LogP contribution in [0, 0.1) is 0 Å². The molecule has 7 heteroatoms.